The van der Waals surface area contributed by atoms with Crippen molar-refractivity contribution in [2.24, 2.45) is 0 Å². The zero-order chi connectivity index (χ0) is 21.4. The van der Waals surface area contributed by atoms with Gasteiger partial charge in [-0.3, -0.25) is 14.6 Å². The molecule has 2 aromatic heterocycles. The van der Waals surface area contributed by atoms with Gasteiger partial charge >= 0.3 is 0 Å². The molecule has 1 aromatic carbocycles. The van der Waals surface area contributed by atoms with Crippen molar-refractivity contribution in [2.75, 3.05) is 19.0 Å². The van der Waals surface area contributed by atoms with E-state index in [0.717, 1.165) is 48.2 Å². The molecule has 2 aliphatic heterocycles. The molecular weight excluding hydrogens is 434 g/mol. The number of halogens is 1. The molecule has 1 atom stereocenters. The number of hydrogen-bond acceptors (Lipinski definition) is 6. The summed E-state index contributed by atoms with van der Waals surface area (Å²) >= 11 is 7.24. The average molecular weight is 456 g/mol. The van der Waals surface area contributed by atoms with Crippen LogP contribution < -0.4 is 5.32 Å². The topological polar surface area (TPSA) is 75.4 Å². The molecule has 5 rings (SSSR count). The maximum absolute atomic E-state index is 13.2. The number of aromatic nitrogens is 1. The Morgan fingerprint density at radius 3 is 2.87 bits per heavy atom. The molecule has 1 spiro atoms. The number of benzene rings is 1. The van der Waals surface area contributed by atoms with Gasteiger partial charge in [0.15, 0.2) is 5.78 Å². The number of Topliss-reactive ketones (excluding diaryl/α,β-unsaturated/α-hetero) is 1. The minimum Gasteiger partial charge on any atom is -0.459 e. The summed E-state index contributed by atoms with van der Waals surface area (Å²) in [6, 6.07) is 13.7. The summed E-state index contributed by atoms with van der Waals surface area (Å²) in [5.41, 5.74) is 1.87. The number of carbonyl (C=O) groups excluding carboxylic acids is 2. The second-order valence-electron chi connectivity index (χ2n) is 7.86. The molecule has 0 saturated carbocycles. The monoisotopic (exact) mass is 455 g/mol. The number of thioether (sulfide) groups is 1. The molecule has 3 aromatic rings. The second kappa shape index (κ2) is 8.30. The highest BCUT2D eigenvalue weighted by molar-refractivity contribution is 8.03. The van der Waals surface area contributed by atoms with E-state index < -0.39 is 10.1 Å². The molecule has 1 N–H and O–H groups in total. The van der Waals surface area contributed by atoms with Crippen molar-refractivity contribution >= 4 is 46.0 Å². The summed E-state index contributed by atoms with van der Waals surface area (Å²) in [5, 5.41) is 3.63. The fraction of sp³-hybridized carbons (Fsp3) is 0.348. The summed E-state index contributed by atoms with van der Waals surface area (Å²) in [4.78, 5) is 31.4. The molecule has 2 aliphatic rings. The molecule has 1 unspecified atom stereocenters. The normalized spacial score (nSPS) is 20.6. The third-order valence-corrected chi connectivity index (χ3v) is 8.05. The van der Waals surface area contributed by atoms with E-state index in [1.807, 2.05) is 47.4 Å². The molecule has 1 amide bonds. The highest BCUT2D eigenvalue weighted by Gasteiger charge is 2.54. The van der Waals surface area contributed by atoms with Gasteiger partial charge < -0.3 is 14.6 Å². The Balaban J connectivity index is 1.45. The van der Waals surface area contributed by atoms with Crippen molar-refractivity contribution in [1.82, 2.24) is 15.2 Å². The van der Waals surface area contributed by atoms with Gasteiger partial charge in [-0.05, 0) is 50.2 Å². The Morgan fingerprint density at radius 2 is 2.06 bits per heavy atom. The zero-order valence-corrected chi connectivity index (χ0v) is 18.4. The van der Waals surface area contributed by atoms with Gasteiger partial charge in [0, 0.05) is 17.1 Å². The number of nitrogens with zero attached hydrogens (tertiary/aromatic N) is 2. The molecule has 4 heterocycles. The zero-order valence-electron chi connectivity index (χ0n) is 16.8. The van der Waals surface area contributed by atoms with Crippen molar-refractivity contribution in [3.63, 3.8) is 0 Å². The smallest absolute Gasteiger partial charge is 0.244 e. The van der Waals surface area contributed by atoms with Crippen LogP contribution in [-0.2, 0) is 16.1 Å². The summed E-state index contributed by atoms with van der Waals surface area (Å²) < 4.78 is 6.19. The highest BCUT2D eigenvalue weighted by Crippen LogP contribution is 2.48. The van der Waals surface area contributed by atoms with E-state index >= 15 is 0 Å². The minimum absolute atomic E-state index is 0.147. The van der Waals surface area contributed by atoms with Crippen LogP contribution in [0, 0.1) is 0 Å². The number of piperidine rings is 1. The molecule has 2 saturated heterocycles. The lowest BCUT2D eigenvalue weighted by Gasteiger charge is -2.40. The predicted octanol–water partition coefficient (Wildman–Crippen LogP) is 3.83. The largest absolute Gasteiger partial charge is 0.459 e. The summed E-state index contributed by atoms with van der Waals surface area (Å²) in [6.07, 6.45) is 3.35. The number of carbonyl (C=O) groups is 2. The molecule has 6 nitrogen and oxygen atoms in total. The van der Waals surface area contributed by atoms with Gasteiger partial charge in [0.2, 0.25) is 5.91 Å². The fourth-order valence-corrected chi connectivity index (χ4v) is 6.31. The molecule has 8 heteroatoms. The predicted molar refractivity (Wildman–Crippen MR) is 122 cm³/mol. The molecule has 31 heavy (non-hydrogen) atoms. The van der Waals surface area contributed by atoms with Gasteiger partial charge in [0.05, 0.1) is 22.8 Å². The van der Waals surface area contributed by atoms with Crippen molar-refractivity contribution < 1.29 is 14.0 Å². The van der Waals surface area contributed by atoms with E-state index in [4.69, 9.17) is 16.0 Å². The average Bonchev–Trinajstić information content (AvgIpc) is 3.38. The third kappa shape index (κ3) is 3.64. The van der Waals surface area contributed by atoms with Crippen LogP contribution in [0.3, 0.4) is 0 Å². The summed E-state index contributed by atoms with van der Waals surface area (Å²) in [7, 11) is 0. The second-order valence-corrected chi connectivity index (χ2v) is 9.59. The van der Waals surface area contributed by atoms with Crippen molar-refractivity contribution in [3.05, 3.63) is 54.4 Å². The fourth-order valence-electron chi connectivity index (χ4n) is 4.46. The summed E-state index contributed by atoms with van der Waals surface area (Å²) in [6.45, 7) is 1.96. The first-order valence-corrected chi connectivity index (χ1v) is 11.7. The molecule has 160 valence electrons. The van der Waals surface area contributed by atoms with E-state index in [0.29, 0.717) is 12.3 Å². The Bertz CT molecular complexity index is 1140. The standard InChI is InChI=1S/C23H22ClN3O3S/c24-13-19(28)21-22(29)27(23(31-21)8-11-25-12-9-23)14-15-6-7-20(30-15)17-3-1-5-18-16(17)4-2-10-26-18/h1-7,10,21,25H,8-9,11-14H2. The molecule has 2 fully saturated rings. The molecule has 0 bridgehead atoms. The number of pyridine rings is 1. The van der Waals surface area contributed by atoms with Crippen LogP contribution in [0.25, 0.3) is 22.2 Å². The number of alkyl halides is 1. The Hall–Kier alpha value is -2.35. The van der Waals surface area contributed by atoms with Crippen LogP contribution in [0.15, 0.2) is 53.1 Å². The van der Waals surface area contributed by atoms with Gasteiger partial charge in [0.1, 0.15) is 16.8 Å². The molecular formula is C23H22ClN3O3S. The third-order valence-electron chi connectivity index (χ3n) is 6.02. The van der Waals surface area contributed by atoms with Gasteiger partial charge in [-0.15, -0.1) is 23.4 Å². The first-order valence-electron chi connectivity index (χ1n) is 10.3. The Kier molecular flexibility index (Phi) is 5.50. The van der Waals surface area contributed by atoms with Gasteiger partial charge in [-0.25, -0.2) is 0 Å². The summed E-state index contributed by atoms with van der Waals surface area (Å²) in [5.74, 6) is 0.902. The van der Waals surface area contributed by atoms with Gasteiger partial charge in [0.25, 0.3) is 0 Å². The van der Waals surface area contributed by atoms with Crippen LogP contribution >= 0.6 is 23.4 Å². The Labute approximate surface area is 189 Å². The van der Waals surface area contributed by atoms with Crippen LogP contribution in [0.1, 0.15) is 18.6 Å². The van der Waals surface area contributed by atoms with Crippen molar-refractivity contribution in [2.45, 2.75) is 29.5 Å². The number of furan rings is 1. The van der Waals surface area contributed by atoms with Crippen LogP contribution in [-0.4, -0.2) is 50.7 Å². The molecule has 0 aliphatic carbocycles. The van der Waals surface area contributed by atoms with Crippen LogP contribution in [0.4, 0.5) is 0 Å². The van der Waals surface area contributed by atoms with Crippen LogP contribution in [0.5, 0.6) is 0 Å². The number of amides is 1. The number of ketones is 1. The molecule has 0 radical (unpaired) electrons. The van der Waals surface area contributed by atoms with Crippen molar-refractivity contribution in [3.8, 4) is 11.3 Å². The van der Waals surface area contributed by atoms with Crippen molar-refractivity contribution in [1.29, 1.82) is 0 Å². The van der Waals surface area contributed by atoms with E-state index in [1.165, 1.54) is 11.8 Å². The number of nitrogens with one attached hydrogen (secondary N) is 1. The lowest BCUT2D eigenvalue weighted by atomic mass is 10.0. The van der Waals surface area contributed by atoms with E-state index in [-0.39, 0.29) is 17.6 Å². The first kappa shape index (κ1) is 20.5. The van der Waals surface area contributed by atoms with E-state index in [1.54, 1.807) is 6.20 Å². The van der Waals surface area contributed by atoms with E-state index in [9.17, 15) is 9.59 Å². The lowest BCUT2D eigenvalue weighted by molar-refractivity contribution is -0.136. The maximum Gasteiger partial charge on any atom is 0.244 e. The van der Waals surface area contributed by atoms with E-state index in [2.05, 4.69) is 10.3 Å². The highest BCUT2D eigenvalue weighted by atomic mass is 35.5. The first-order chi connectivity index (χ1) is 15.1. The number of rotatable bonds is 5. The maximum atomic E-state index is 13.2. The quantitative estimate of drug-likeness (QED) is 0.465. The Morgan fingerprint density at radius 1 is 1.23 bits per heavy atom. The lowest BCUT2D eigenvalue weighted by Crippen LogP contribution is -2.50. The van der Waals surface area contributed by atoms with Gasteiger partial charge in [-0.1, -0.05) is 18.2 Å². The number of fused-ring (bicyclic) bond motifs is 1. The number of hydrogen-bond donors (Lipinski definition) is 1. The van der Waals surface area contributed by atoms with Gasteiger partial charge in [-0.2, -0.15) is 0 Å². The minimum atomic E-state index is -0.728. The van der Waals surface area contributed by atoms with Crippen LogP contribution in [0.2, 0.25) is 0 Å². The SMILES string of the molecule is O=C(CCl)C1SC2(CCNCC2)N(Cc2ccc(-c3cccc4ncccc34)o2)C1=O.